The summed E-state index contributed by atoms with van der Waals surface area (Å²) in [6, 6.07) is 8.08. The van der Waals surface area contributed by atoms with Crippen LogP contribution in [0.4, 0.5) is 0 Å². The number of carbonyl (C=O) groups is 1. The first-order valence-corrected chi connectivity index (χ1v) is 9.10. The maximum atomic E-state index is 12.3. The van der Waals surface area contributed by atoms with Gasteiger partial charge in [0, 0.05) is 38.9 Å². The third-order valence-corrected chi connectivity index (χ3v) is 4.93. The molecule has 1 amide bonds. The van der Waals surface area contributed by atoms with Gasteiger partial charge in [0.15, 0.2) is 5.79 Å². The van der Waals surface area contributed by atoms with E-state index in [0.717, 1.165) is 44.6 Å². The fourth-order valence-corrected chi connectivity index (χ4v) is 3.42. The highest BCUT2D eigenvalue weighted by Gasteiger charge is 2.40. The summed E-state index contributed by atoms with van der Waals surface area (Å²) in [6.07, 6.45) is 3.02. The summed E-state index contributed by atoms with van der Waals surface area (Å²) in [4.78, 5) is 14.2. The van der Waals surface area contributed by atoms with Crippen molar-refractivity contribution in [3.05, 3.63) is 29.8 Å². The van der Waals surface area contributed by atoms with Gasteiger partial charge in [-0.15, -0.1) is 0 Å². The van der Waals surface area contributed by atoms with E-state index in [1.165, 1.54) is 5.56 Å². The maximum absolute atomic E-state index is 12.3. The summed E-state index contributed by atoms with van der Waals surface area (Å²) in [6.45, 7) is 4.35. The minimum Gasteiger partial charge on any atom is -0.497 e. The van der Waals surface area contributed by atoms with Crippen LogP contribution in [0.1, 0.15) is 24.8 Å². The van der Waals surface area contributed by atoms with E-state index in [2.05, 4.69) is 11.4 Å². The normalized spacial score (nSPS) is 19.3. The molecular weight excluding hydrogens is 320 g/mol. The average Bonchev–Trinajstić information content (AvgIpc) is 3.10. The molecule has 1 aromatic carbocycles. The van der Waals surface area contributed by atoms with Gasteiger partial charge in [0.25, 0.3) is 0 Å². The molecule has 2 aliphatic rings. The van der Waals surface area contributed by atoms with Gasteiger partial charge < -0.3 is 24.4 Å². The smallest absolute Gasteiger partial charge is 0.223 e. The van der Waals surface area contributed by atoms with Gasteiger partial charge >= 0.3 is 0 Å². The monoisotopic (exact) mass is 348 g/mol. The lowest BCUT2D eigenvalue weighted by Gasteiger charge is -2.37. The van der Waals surface area contributed by atoms with Crippen LogP contribution in [-0.4, -0.2) is 63.1 Å². The molecule has 0 radical (unpaired) electrons. The first-order valence-electron chi connectivity index (χ1n) is 9.10. The van der Waals surface area contributed by atoms with Crippen molar-refractivity contribution >= 4 is 5.91 Å². The predicted octanol–water partition coefficient (Wildman–Crippen LogP) is 1.58. The molecule has 2 fully saturated rings. The molecule has 1 spiro atoms. The molecule has 2 heterocycles. The summed E-state index contributed by atoms with van der Waals surface area (Å²) < 4.78 is 16.6. The van der Waals surface area contributed by atoms with Crippen LogP contribution in [0, 0.1) is 0 Å². The van der Waals surface area contributed by atoms with E-state index in [1.807, 2.05) is 23.1 Å². The average molecular weight is 348 g/mol. The number of hydrogen-bond acceptors (Lipinski definition) is 5. The van der Waals surface area contributed by atoms with Gasteiger partial charge in [0.05, 0.1) is 20.3 Å². The Morgan fingerprint density at radius 3 is 2.72 bits per heavy atom. The molecule has 6 heteroatoms. The summed E-state index contributed by atoms with van der Waals surface area (Å²) in [5, 5.41) is 3.35. The molecule has 2 aliphatic heterocycles. The Bertz CT molecular complexity index is 562. The van der Waals surface area contributed by atoms with Crippen molar-refractivity contribution < 1.29 is 19.0 Å². The SMILES string of the molecule is COc1cccc(CCNCCC(=O)N2CCC3(CC2)OCCO3)c1. The lowest BCUT2D eigenvalue weighted by molar-refractivity contribution is -0.187. The first-order chi connectivity index (χ1) is 12.2. The molecule has 138 valence electrons. The number of nitrogens with one attached hydrogen (secondary N) is 1. The quantitative estimate of drug-likeness (QED) is 0.758. The Hall–Kier alpha value is -1.63. The number of likely N-dealkylation sites (tertiary alicyclic amines) is 1. The van der Waals surface area contributed by atoms with Crippen LogP contribution in [0.3, 0.4) is 0 Å². The number of piperidine rings is 1. The van der Waals surface area contributed by atoms with E-state index in [4.69, 9.17) is 14.2 Å². The van der Waals surface area contributed by atoms with Crippen LogP contribution >= 0.6 is 0 Å². The lowest BCUT2D eigenvalue weighted by atomic mass is 10.0. The number of amides is 1. The minimum atomic E-state index is -0.411. The molecule has 6 nitrogen and oxygen atoms in total. The van der Waals surface area contributed by atoms with Gasteiger partial charge in [0.2, 0.25) is 5.91 Å². The number of benzene rings is 1. The number of carbonyl (C=O) groups excluding carboxylic acids is 1. The molecule has 0 saturated carbocycles. The first kappa shape index (κ1) is 18.2. The van der Waals surface area contributed by atoms with E-state index in [-0.39, 0.29) is 5.91 Å². The van der Waals surface area contributed by atoms with Crippen LogP contribution in [0.25, 0.3) is 0 Å². The van der Waals surface area contributed by atoms with Gasteiger partial charge in [-0.25, -0.2) is 0 Å². The van der Waals surface area contributed by atoms with Crippen LogP contribution in [-0.2, 0) is 20.7 Å². The number of nitrogens with zero attached hydrogens (tertiary/aromatic N) is 1. The van der Waals surface area contributed by atoms with Gasteiger partial charge in [-0.2, -0.15) is 0 Å². The number of methoxy groups -OCH3 is 1. The number of rotatable bonds is 7. The minimum absolute atomic E-state index is 0.210. The van der Waals surface area contributed by atoms with E-state index in [1.54, 1.807) is 7.11 Å². The van der Waals surface area contributed by atoms with Crippen molar-refractivity contribution in [2.45, 2.75) is 31.5 Å². The summed E-state index contributed by atoms with van der Waals surface area (Å²) in [5.41, 5.74) is 1.23. The van der Waals surface area contributed by atoms with Crippen LogP contribution in [0.2, 0.25) is 0 Å². The third-order valence-electron chi connectivity index (χ3n) is 4.93. The zero-order valence-electron chi connectivity index (χ0n) is 15.0. The molecule has 0 bridgehead atoms. The number of ether oxygens (including phenoxy) is 3. The molecule has 3 rings (SSSR count). The molecule has 1 N–H and O–H groups in total. The third kappa shape index (κ3) is 4.93. The van der Waals surface area contributed by atoms with Gasteiger partial charge in [0.1, 0.15) is 5.75 Å². The summed E-state index contributed by atoms with van der Waals surface area (Å²) in [7, 11) is 1.68. The Labute approximate surface area is 149 Å². The molecule has 2 saturated heterocycles. The second-order valence-corrected chi connectivity index (χ2v) is 6.59. The highest BCUT2D eigenvalue weighted by atomic mass is 16.7. The van der Waals surface area contributed by atoms with Gasteiger partial charge in [-0.3, -0.25) is 4.79 Å². The zero-order valence-corrected chi connectivity index (χ0v) is 15.0. The molecule has 0 aliphatic carbocycles. The highest BCUT2D eigenvalue weighted by molar-refractivity contribution is 5.76. The lowest BCUT2D eigenvalue weighted by Crippen LogP contribution is -2.47. The van der Waals surface area contributed by atoms with Crippen LogP contribution in [0.15, 0.2) is 24.3 Å². The van der Waals surface area contributed by atoms with Crippen molar-refractivity contribution in [3.8, 4) is 5.75 Å². The zero-order chi connectivity index (χ0) is 17.5. The van der Waals surface area contributed by atoms with Gasteiger partial charge in [-0.05, 0) is 30.7 Å². The van der Waals surface area contributed by atoms with Crippen molar-refractivity contribution in [2.24, 2.45) is 0 Å². The molecule has 0 unspecified atom stereocenters. The Kier molecular flexibility index (Phi) is 6.29. The number of hydrogen-bond donors (Lipinski definition) is 1. The second kappa shape index (κ2) is 8.65. The van der Waals surface area contributed by atoms with Crippen molar-refractivity contribution in [3.63, 3.8) is 0 Å². The van der Waals surface area contributed by atoms with E-state index >= 15 is 0 Å². The Morgan fingerprint density at radius 1 is 1.24 bits per heavy atom. The second-order valence-electron chi connectivity index (χ2n) is 6.59. The van der Waals surface area contributed by atoms with E-state index in [9.17, 15) is 4.79 Å². The molecule has 0 atom stereocenters. The van der Waals surface area contributed by atoms with Crippen molar-refractivity contribution in [1.29, 1.82) is 0 Å². The maximum Gasteiger partial charge on any atom is 0.223 e. The fourth-order valence-electron chi connectivity index (χ4n) is 3.42. The Balaban J connectivity index is 1.30. The predicted molar refractivity (Wildman–Crippen MR) is 94.6 cm³/mol. The van der Waals surface area contributed by atoms with Crippen molar-refractivity contribution in [2.75, 3.05) is 46.5 Å². The molecule has 1 aromatic rings. The topological polar surface area (TPSA) is 60.0 Å². The molecular formula is C19H28N2O4. The molecule has 25 heavy (non-hydrogen) atoms. The summed E-state index contributed by atoms with van der Waals surface area (Å²) in [5.74, 6) is 0.679. The van der Waals surface area contributed by atoms with E-state index in [0.29, 0.717) is 26.2 Å². The molecule has 0 aromatic heterocycles. The fraction of sp³-hybridized carbons (Fsp3) is 0.632. The summed E-state index contributed by atoms with van der Waals surface area (Å²) >= 11 is 0. The van der Waals surface area contributed by atoms with Crippen molar-refractivity contribution in [1.82, 2.24) is 10.2 Å². The van der Waals surface area contributed by atoms with Gasteiger partial charge in [-0.1, -0.05) is 12.1 Å². The Morgan fingerprint density at radius 2 is 2.00 bits per heavy atom. The largest absolute Gasteiger partial charge is 0.497 e. The highest BCUT2D eigenvalue weighted by Crippen LogP contribution is 2.31. The van der Waals surface area contributed by atoms with Crippen LogP contribution in [0.5, 0.6) is 5.75 Å². The van der Waals surface area contributed by atoms with Crippen LogP contribution < -0.4 is 10.1 Å². The standard InChI is InChI=1S/C19H28N2O4/c1-23-17-4-2-3-16(15-17)5-9-20-10-6-18(22)21-11-7-19(8-12-21)24-13-14-25-19/h2-4,15,20H,5-14H2,1H3. The van der Waals surface area contributed by atoms with E-state index < -0.39 is 5.79 Å².